The number of nitrogens with two attached hydrogens (primary N) is 1. The van der Waals surface area contributed by atoms with Gasteiger partial charge in [0.2, 0.25) is 0 Å². The van der Waals surface area contributed by atoms with E-state index in [0.717, 1.165) is 34.9 Å². The van der Waals surface area contributed by atoms with Crippen molar-refractivity contribution in [1.82, 2.24) is 9.97 Å². The number of hydrogen-bond acceptors (Lipinski definition) is 2. The van der Waals surface area contributed by atoms with Crippen LogP contribution >= 0.6 is 0 Å². The van der Waals surface area contributed by atoms with Crippen LogP contribution in [0, 0.1) is 6.92 Å². The number of aromatic amines is 1. The molecule has 1 aromatic carbocycles. The fraction of sp³-hybridized carbons (Fsp3) is 0.250. The molecule has 1 aromatic heterocycles. The molecule has 78 valence electrons. The zero-order chi connectivity index (χ0) is 10.8. The molecule has 1 heterocycles. The van der Waals surface area contributed by atoms with Crippen molar-refractivity contribution in [3.05, 3.63) is 35.8 Å². The number of nitrogens with one attached hydrogen (secondary N) is 1. The Morgan fingerprint density at radius 3 is 2.87 bits per heavy atom. The van der Waals surface area contributed by atoms with Gasteiger partial charge in [0.1, 0.15) is 5.82 Å². The molecular formula is C12H15N3. The van der Waals surface area contributed by atoms with Crippen molar-refractivity contribution in [2.24, 2.45) is 0 Å². The van der Waals surface area contributed by atoms with Crippen molar-refractivity contribution in [1.29, 1.82) is 0 Å². The number of H-pyrrole nitrogens is 1. The lowest BCUT2D eigenvalue weighted by molar-refractivity contribution is 1.04. The summed E-state index contributed by atoms with van der Waals surface area (Å²) < 4.78 is 0. The van der Waals surface area contributed by atoms with Crippen LogP contribution in [0.5, 0.6) is 0 Å². The largest absolute Gasteiger partial charge is 0.399 e. The first-order chi connectivity index (χ1) is 7.20. The van der Waals surface area contributed by atoms with Crippen LogP contribution in [0.3, 0.4) is 0 Å². The average Bonchev–Trinajstić information content (AvgIpc) is 2.59. The first-order valence-electron chi connectivity index (χ1n) is 5.12. The van der Waals surface area contributed by atoms with Crippen molar-refractivity contribution < 1.29 is 0 Å². The lowest BCUT2D eigenvalue weighted by atomic mass is 10.1. The summed E-state index contributed by atoms with van der Waals surface area (Å²) in [5.74, 6) is 0.948. The third kappa shape index (κ3) is 1.86. The highest BCUT2D eigenvalue weighted by Crippen LogP contribution is 2.23. The number of imidazole rings is 1. The topological polar surface area (TPSA) is 54.7 Å². The minimum absolute atomic E-state index is 0.773. The van der Waals surface area contributed by atoms with Crippen molar-refractivity contribution in [3.63, 3.8) is 0 Å². The normalized spacial score (nSPS) is 10.5. The summed E-state index contributed by atoms with van der Waals surface area (Å²) in [5, 5.41) is 0. The molecule has 3 nitrogen and oxygen atoms in total. The summed E-state index contributed by atoms with van der Waals surface area (Å²) in [6.07, 6.45) is 0.949. The predicted molar refractivity (Wildman–Crippen MR) is 62.6 cm³/mol. The minimum atomic E-state index is 0.773. The monoisotopic (exact) mass is 201 g/mol. The molecule has 3 heteroatoms. The van der Waals surface area contributed by atoms with Gasteiger partial charge in [0.05, 0.1) is 5.69 Å². The second kappa shape index (κ2) is 3.77. The van der Waals surface area contributed by atoms with Crippen LogP contribution in [0.4, 0.5) is 5.69 Å². The molecular weight excluding hydrogens is 186 g/mol. The van der Waals surface area contributed by atoms with Gasteiger partial charge in [-0.1, -0.05) is 19.1 Å². The van der Waals surface area contributed by atoms with E-state index in [2.05, 4.69) is 16.9 Å². The maximum atomic E-state index is 5.76. The number of nitrogens with zero attached hydrogens (tertiary/aromatic N) is 1. The second-order valence-corrected chi connectivity index (χ2v) is 3.63. The Kier molecular flexibility index (Phi) is 2.46. The number of nitrogen functional groups attached to an aromatic ring is 1. The Balaban J connectivity index is 2.53. The van der Waals surface area contributed by atoms with Gasteiger partial charge >= 0.3 is 0 Å². The highest BCUT2D eigenvalue weighted by molar-refractivity contribution is 5.66. The fourth-order valence-corrected chi connectivity index (χ4v) is 1.72. The van der Waals surface area contributed by atoms with E-state index in [-0.39, 0.29) is 0 Å². The molecule has 0 aliphatic rings. The molecule has 2 aromatic rings. The van der Waals surface area contributed by atoms with Crippen molar-refractivity contribution in [2.45, 2.75) is 20.3 Å². The summed E-state index contributed by atoms with van der Waals surface area (Å²) >= 11 is 0. The Labute approximate surface area is 89.4 Å². The molecule has 2 rings (SSSR count). The van der Waals surface area contributed by atoms with Gasteiger partial charge in [-0.05, 0) is 25.5 Å². The van der Waals surface area contributed by atoms with Crippen molar-refractivity contribution in [2.75, 3.05) is 5.73 Å². The zero-order valence-electron chi connectivity index (χ0n) is 9.04. The summed E-state index contributed by atoms with van der Waals surface area (Å²) in [4.78, 5) is 7.74. The maximum Gasteiger partial charge on any atom is 0.103 e. The molecule has 0 radical (unpaired) electrons. The molecule has 0 amide bonds. The molecule has 0 saturated carbocycles. The second-order valence-electron chi connectivity index (χ2n) is 3.63. The van der Waals surface area contributed by atoms with E-state index in [1.807, 2.05) is 31.2 Å². The molecule has 0 unspecified atom stereocenters. The highest BCUT2D eigenvalue weighted by atomic mass is 14.9. The van der Waals surface area contributed by atoms with Crippen LogP contribution < -0.4 is 5.73 Å². The maximum absolute atomic E-state index is 5.76. The standard InChI is InChI=1S/C12H15N3/c1-3-11-12(15-8(2)14-11)9-5-4-6-10(13)7-9/h4-7H,3,13H2,1-2H3,(H,14,15). The van der Waals surface area contributed by atoms with E-state index in [4.69, 9.17) is 5.73 Å². The molecule has 0 spiro atoms. The van der Waals surface area contributed by atoms with Gasteiger partial charge in [0.15, 0.2) is 0 Å². The first-order valence-corrected chi connectivity index (χ1v) is 5.12. The Morgan fingerprint density at radius 2 is 2.20 bits per heavy atom. The van der Waals surface area contributed by atoms with Crippen LogP contribution in [0.15, 0.2) is 24.3 Å². The van der Waals surface area contributed by atoms with E-state index < -0.39 is 0 Å². The lowest BCUT2D eigenvalue weighted by Gasteiger charge is -2.01. The Morgan fingerprint density at radius 1 is 1.40 bits per heavy atom. The van der Waals surface area contributed by atoms with E-state index >= 15 is 0 Å². The number of aromatic nitrogens is 2. The van der Waals surface area contributed by atoms with Crippen molar-refractivity contribution >= 4 is 5.69 Å². The number of benzene rings is 1. The van der Waals surface area contributed by atoms with E-state index in [0.29, 0.717) is 0 Å². The molecule has 0 fully saturated rings. The van der Waals surface area contributed by atoms with Gasteiger partial charge in [-0.2, -0.15) is 0 Å². The third-order valence-corrected chi connectivity index (χ3v) is 2.41. The average molecular weight is 201 g/mol. The van der Waals surface area contributed by atoms with Gasteiger partial charge in [-0.3, -0.25) is 0 Å². The van der Waals surface area contributed by atoms with Crippen LogP contribution in [0.1, 0.15) is 18.4 Å². The third-order valence-electron chi connectivity index (χ3n) is 2.41. The van der Waals surface area contributed by atoms with E-state index in [1.54, 1.807) is 0 Å². The first kappa shape index (κ1) is 9.77. The Bertz CT molecular complexity index is 471. The molecule has 15 heavy (non-hydrogen) atoms. The van der Waals surface area contributed by atoms with E-state index in [9.17, 15) is 0 Å². The lowest BCUT2D eigenvalue weighted by Crippen LogP contribution is -1.88. The van der Waals surface area contributed by atoms with Gasteiger partial charge in [0, 0.05) is 16.9 Å². The number of aryl methyl sites for hydroxylation is 2. The van der Waals surface area contributed by atoms with Gasteiger partial charge in [-0.15, -0.1) is 0 Å². The molecule has 0 saturated heterocycles. The van der Waals surface area contributed by atoms with Gasteiger partial charge in [0.25, 0.3) is 0 Å². The molecule has 0 atom stereocenters. The Hall–Kier alpha value is -1.77. The van der Waals surface area contributed by atoms with E-state index in [1.165, 1.54) is 0 Å². The summed E-state index contributed by atoms with van der Waals surface area (Å²) in [7, 11) is 0. The minimum Gasteiger partial charge on any atom is -0.399 e. The number of rotatable bonds is 2. The zero-order valence-corrected chi connectivity index (χ0v) is 9.04. The van der Waals surface area contributed by atoms with Crippen LogP contribution in [-0.2, 0) is 6.42 Å². The molecule has 0 aliphatic carbocycles. The molecule has 3 N–H and O–H groups in total. The van der Waals surface area contributed by atoms with Crippen LogP contribution in [0.25, 0.3) is 11.3 Å². The highest BCUT2D eigenvalue weighted by Gasteiger charge is 2.08. The molecule has 0 bridgehead atoms. The summed E-state index contributed by atoms with van der Waals surface area (Å²) in [6, 6.07) is 7.82. The van der Waals surface area contributed by atoms with Crippen molar-refractivity contribution in [3.8, 4) is 11.3 Å². The van der Waals surface area contributed by atoms with Gasteiger partial charge < -0.3 is 10.7 Å². The molecule has 0 aliphatic heterocycles. The summed E-state index contributed by atoms with van der Waals surface area (Å²) in [5.41, 5.74) is 9.79. The number of hydrogen-bond donors (Lipinski definition) is 2. The fourth-order valence-electron chi connectivity index (χ4n) is 1.72. The SMILES string of the molecule is CCc1[nH]c(C)nc1-c1cccc(N)c1. The number of anilines is 1. The quantitative estimate of drug-likeness (QED) is 0.733. The van der Waals surface area contributed by atoms with Crippen LogP contribution in [-0.4, -0.2) is 9.97 Å². The van der Waals surface area contributed by atoms with Gasteiger partial charge in [-0.25, -0.2) is 4.98 Å². The van der Waals surface area contributed by atoms with Crippen LogP contribution in [0.2, 0.25) is 0 Å². The summed E-state index contributed by atoms with van der Waals surface area (Å²) in [6.45, 7) is 4.08. The predicted octanol–water partition coefficient (Wildman–Crippen LogP) is 2.53. The smallest absolute Gasteiger partial charge is 0.103 e.